The van der Waals surface area contributed by atoms with Gasteiger partial charge >= 0.3 is 0 Å². The summed E-state index contributed by atoms with van der Waals surface area (Å²) in [6.45, 7) is 9.59. The van der Waals surface area contributed by atoms with Gasteiger partial charge in [-0.3, -0.25) is 0 Å². The number of nitrogens with zero attached hydrogens (tertiary/aromatic N) is 1. The summed E-state index contributed by atoms with van der Waals surface area (Å²) in [5, 5.41) is 3.71. The van der Waals surface area contributed by atoms with E-state index in [9.17, 15) is 0 Å². The minimum Gasteiger partial charge on any atom is -0.381 e. The quantitative estimate of drug-likeness (QED) is 0.754. The van der Waals surface area contributed by atoms with Gasteiger partial charge in [-0.2, -0.15) is 0 Å². The number of likely N-dealkylation sites (tertiary alicyclic amines) is 1. The highest BCUT2D eigenvalue weighted by Gasteiger charge is 2.30. The van der Waals surface area contributed by atoms with Gasteiger partial charge in [0.1, 0.15) is 0 Å². The Morgan fingerprint density at radius 1 is 1.22 bits per heavy atom. The van der Waals surface area contributed by atoms with Crippen LogP contribution < -0.4 is 5.32 Å². The molecule has 0 aromatic rings. The molecule has 1 atom stereocenters. The Labute approximate surface area is 112 Å². The summed E-state index contributed by atoms with van der Waals surface area (Å²) in [4.78, 5) is 2.63. The number of methoxy groups -OCH3 is 1. The van der Waals surface area contributed by atoms with Crippen molar-refractivity contribution in [2.75, 3.05) is 33.3 Å². The molecule has 1 saturated heterocycles. The van der Waals surface area contributed by atoms with Crippen molar-refractivity contribution in [3.63, 3.8) is 0 Å². The Kier molecular flexibility index (Phi) is 5.05. The van der Waals surface area contributed by atoms with Crippen molar-refractivity contribution in [2.45, 2.75) is 58.1 Å². The number of rotatable bonds is 7. The highest BCUT2D eigenvalue weighted by atomic mass is 16.5. The maximum atomic E-state index is 5.44. The van der Waals surface area contributed by atoms with Crippen molar-refractivity contribution in [3.05, 3.63) is 0 Å². The zero-order valence-electron chi connectivity index (χ0n) is 12.4. The normalized spacial score (nSPS) is 26.2. The van der Waals surface area contributed by atoms with E-state index in [1.165, 1.54) is 58.3 Å². The molecule has 1 saturated carbocycles. The Bertz CT molecular complexity index is 247. The fraction of sp³-hybridized carbons (Fsp3) is 1.00. The number of hydrogen-bond donors (Lipinski definition) is 1. The molecule has 1 aliphatic carbocycles. The van der Waals surface area contributed by atoms with E-state index in [2.05, 4.69) is 24.1 Å². The molecular weight excluding hydrogens is 224 g/mol. The molecule has 0 aromatic heterocycles. The predicted octanol–water partition coefficient (Wildman–Crippen LogP) is 2.27. The molecule has 3 heteroatoms. The first-order valence-electron chi connectivity index (χ1n) is 7.64. The van der Waals surface area contributed by atoms with Gasteiger partial charge in [0.05, 0.1) is 6.10 Å². The maximum absolute atomic E-state index is 5.44. The third-order valence-electron chi connectivity index (χ3n) is 4.72. The zero-order valence-corrected chi connectivity index (χ0v) is 12.4. The summed E-state index contributed by atoms with van der Waals surface area (Å²) >= 11 is 0. The topological polar surface area (TPSA) is 24.5 Å². The van der Waals surface area contributed by atoms with Crippen LogP contribution in [0.4, 0.5) is 0 Å². The smallest absolute Gasteiger partial charge is 0.0595 e. The molecule has 0 radical (unpaired) electrons. The van der Waals surface area contributed by atoms with Gasteiger partial charge in [-0.15, -0.1) is 0 Å². The van der Waals surface area contributed by atoms with Crippen LogP contribution in [-0.4, -0.2) is 50.3 Å². The van der Waals surface area contributed by atoms with Crippen molar-refractivity contribution in [1.82, 2.24) is 10.2 Å². The summed E-state index contributed by atoms with van der Waals surface area (Å²) in [6.07, 6.45) is 6.94. The van der Waals surface area contributed by atoms with E-state index in [1.54, 1.807) is 0 Å². The van der Waals surface area contributed by atoms with Crippen LogP contribution in [0.5, 0.6) is 0 Å². The number of nitrogens with one attached hydrogen (secondary N) is 1. The fourth-order valence-electron chi connectivity index (χ4n) is 2.81. The third-order valence-corrected chi connectivity index (χ3v) is 4.72. The Morgan fingerprint density at radius 3 is 2.39 bits per heavy atom. The Hall–Kier alpha value is -0.120. The van der Waals surface area contributed by atoms with Gasteiger partial charge in [0.15, 0.2) is 0 Å². The first kappa shape index (κ1) is 14.3. The summed E-state index contributed by atoms with van der Waals surface area (Å²) in [6, 6.07) is 0.829. The SMILES string of the molecule is CCC(C)(CNC1CC1)CN1CCC(OC)CC1. The lowest BCUT2D eigenvalue weighted by Crippen LogP contribution is -2.46. The van der Waals surface area contributed by atoms with Crippen LogP contribution in [0.15, 0.2) is 0 Å². The highest BCUT2D eigenvalue weighted by Crippen LogP contribution is 2.26. The monoisotopic (exact) mass is 254 g/mol. The average molecular weight is 254 g/mol. The van der Waals surface area contributed by atoms with Crippen LogP contribution in [0.1, 0.15) is 46.0 Å². The lowest BCUT2D eigenvalue weighted by atomic mass is 9.86. The average Bonchev–Trinajstić information content (AvgIpc) is 3.21. The second-order valence-electron chi connectivity index (χ2n) is 6.53. The molecule has 2 fully saturated rings. The first-order valence-corrected chi connectivity index (χ1v) is 7.64. The minimum atomic E-state index is 0.433. The van der Waals surface area contributed by atoms with Crippen LogP contribution in [0, 0.1) is 5.41 Å². The lowest BCUT2D eigenvalue weighted by molar-refractivity contribution is 0.0274. The predicted molar refractivity (Wildman–Crippen MR) is 75.9 cm³/mol. The largest absolute Gasteiger partial charge is 0.381 e. The molecule has 0 spiro atoms. The second kappa shape index (κ2) is 6.36. The summed E-state index contributed by atoms with van der Waals surface area (Å²) in [7, 11) is 1.84. The molecule has 1 N–H and O–H groups in total. The molecule has 0 aromatic carbocycles. The van der Waals surface area contributed by atoms with Crippen molar-refractivity contribution in [2.24, 2.45) is 5.41 Å². The number of ether oxygens (including phenoxy) is 1. The molecular formula is C15H30N2O. The first-order chi connectivity index (χ1) is 8.65. The molecule has 1 heterocycles. The van der Waals surface area contributed by atoms with Gasteiger partial charge in [0, 0.05) is 39.3 Å². The molecule has 106 valence electrons. The van der Waals surface area contributed by atoms with Crippen molar-refractivity contribution in [1.29, 1.82) is 0 Å². The van der Waals surface area contributed by atoms with Crippen LogP contribution >= 0.6 is 0 Å². The summed E-state index contributed by atoms with van der Waals surface area (Å²) in [5.74, 6) is 0. The van der Waals surface area contributed by atoms with Crippen LogP contribution in [0.25, 0.3) is 0 Å². The minimum absolute atomic E-state index is 0.433. The number of piperidine rings is 1. The second-order valence-corrected chi connectivity index (χ2v) is 6.53. The molecule has 1 aliphatic heterocycles. The van der Waals surface area contributed by atoms with Gasteiger partial charge < -0.3 is 15.0 Å². The summed E-state index contributed by atoms with van der Waals surface area (Å²) < 4.78 is 5.44. The van der Waals surface area contributed by atoms with Crippen LogP contribution in [-0.2, 0) is 4.74 Å². The molecule has 1 unspecified atom stereocenters. The van der Waals surface area contributed by atoms with E-state index in [0.717, 1.165) is 6.04 Å². The van der Waals surface area contributed by atoms with Gasteiger partial charge in [0.25, 0.3) is 0 Å². The molecule has 3 nitrogen and oxygen atoms in total. The van der Waals surface area contributed by atoms with E-state index >= 15 is 0 Å². The maximum Gasteiger partial charge on any atom is 0.0595 e. The number of hydrogen-bond acceptors (Lipinski definition) is 3. The zero-order chi connectivity index (χ0) is 13.0. The molecule has 0 bridgehead atoms. The van der Waals surface area contributed by atoms with Crippen LogP contribution in [0.3, 0.4) is 0 Å². The molecule has 2 aliphatic rings. The van der Waals surface area contributed by atoms with E-state index in [1.807, 2.05) is 7.11 Å². The van der Waals surface area contributed by atoms with Crippen molar-refractivity contribution < 1.29 is 4.74 Å². The Morgan fingerprint density at radius 2 is 1.89 bits per heavy atom. The summed E-state index contributed by atoms with van der Waals surface area (Å²) in [5.41, 5.74) is 0.433. The van der Waals surface area contributed by atoms with Crippen LogP contribution in [0.2, 0.25) is 0 Å². The highest BCUT2D eigenvalue weighted by molar-refractivity contribution is 4.87. The van der Waals surface area contributed by atoms with Crippen molar-refractivity contribution >= 4 is 0 Å². The van der Waals surface area contributed by atoms with E-state index in [0.29, 0.717) is 11.5 Å². The van der Waals surface area contributed by atoms with Gasteiger partial charge in [-0.25, -0.2) is 0 Å². The fourth-order valence-corrected chi connectivity index (χ4v) is 2.81. The van der Waals surface area contributed by atoms with Gasteiger partial charge in [0.2, 0.25) is 0 Å². The van der Waals surface area contributed by atoms with Crippen molar-refractivity contribution in [3.8, 4) is 0 Å². The van der Waals surface area contributed by atoms with E-state index in [4.69, 9.17) is 4.74 Å². The van der Waals surface area contributed by atoms with E-state index < -0.39 is 0 Å². The third kappa shape index (κ3) is 4.22. The molecule has 2 rings (SSSR count). The van der Waals surface area contributed by atoms with Gasteiger partial charge in [-0.05, 0) is 37.5 Å². The molecule has 18 heavy (non-hydrogen) atoms. The van der Waals surface area contributed by atoms with Gasteiger partial charge in [-0.1, -0.05) is 13.8 Å². The lowest BCUT2D eigenvalue weighted by Gasteiger charge is -2.38. The molecule has 0 amide bonds. The Balaban J connectivity index is 1.74. The van der Waals surface area contributed by atoms with E-state index in [-0.39, 0.29) is 0 Å². The standard InChI is InChI=1S/C15H30N2O/c1-4-15(2,11-16-13-5-6-13)12-17-9-7-14(18-3)8-10-17/h13-14,16H,4-12H2,1-3H3.